The number of carbonyl (C=O) groups excluding carboxylic acids is 1. The number of aromatic nitrogens is 2. The molecule has 0 spiro atoms. The van der Waals surface area contributed by atoms with Gasteiger partial charge in [0, 0.05) is 24.9 Å². The molecule has 0 bridgehead atoms. The van der Waals surface area contributed by atoms with Crippen molar-refractivity contribution in [2.24, 2.45) is 5.92 Å². The summed E-state index contributed by atoms with van der Waals surface area (Å²) in [5.74, 6) is 1.06. The van der Waals surface area contributed by atoms with Gasteiger partial charge in [-0.2, -0.15) is 0 Å². The van der Waals surface area contributed by atoms with Gasteiger partial charge in [0.25, 0.3) is 0 Å². The quantitative estimate of drug-likeness (QED) is 0.797. The summed E-state index contributed by atoms with van der Waals surface area (Å²) in [5.41, 5.74) is 2.52. The van der Waals surface area contributed by atoms with Crippen molar-refractivity contribution in [3.63, 3.8) is 0 Å². The van der Waals surface area contributed by atoms with Crippen molar-refractivity contribution in [1.29, 1.82) is 0 Å². The van der Waals surface area contributed by atoms with E-state index in [1.54, 1.807) is 0 Å². The molecule has 1 amide bonds. The molecule has 2 atom stereocenters. The van der Waals surface area contributed by atoms with Gasteiger partial charge in [0.05, 0.1) is 24.1 Å². The van der Waals surface area contributed by atoms with E-state index in [-0.39, 0.29) is 23.5 Å². The fourth-order valence-corrected chi connectivity index (χ4v) is 4.06. The monoisotopic (exact) mass is 383 g/mol. The Hall–Kier alpha value is -2.06. The number of hydrogen-bond donors (Lipinski definition) is 1. The van der Waals surface area contributed by atoms with Crippen LogP contribution in [0.25, 0.3) is 11.0 Å². The van der Waals surface area contributed by atoms with Crippen molar-refractivity contribution in [1.82, 2.24) is 14.9 Å². The number of hydrogen-bond acceptors (Lipinski definition) is 5. The first-order valence-corrected chi connectivity index (χ1v) is 10.1. The van der Waals surface area contributed by atoms with Crippen molar-refractivity contribution in [2.45, 2.75) is 57.8 Å². The first kappa shape index (κ1) is 18.0. The molecule has 1 saturated carbocycles. The third-order valence-corrected chi connectivity index (χ3v) is 5.86. The van der Waals surface area contributed by atoms with E-state index < -0.39 is 7.12 Å². The van der Waals surface area contributed by atoms with E-state index in [2.05, 4.69) is 14.9 Å². The summed E-state index contributed by atoms with van der Waals surface area (Å²) >= 11 is 0. The van der Waals surface area contributed by atoms with Crippen LogP contribution in [-0.2, 0) is 14.1 Å². The lowest BCUT2D eigenvalue weighted by molar-refractivity contribution is -0.119. The summed E-state index contributed by atoms with van der Waals surface area (Å²) in [5, 5.41) is 2.90. The third-order valence-electron chi connectivity index (χ3n) is 5.86. The maximum absolute atomic E-state index is 11.6. The van der Waals surface area contributed by atoms with Crippen molar-refractivity contribution < 1.29 is 18.8 Å². The molecule has 3 fully saturated rings. The highest BCUT2D eigenvalue weighted by Crippen LogP contribution is 2.40. The number of benzene rings is 1. The maximum Gasteiger partial charge on any atom is 0.494 e. The average molecular weight is 383 g/mol. The maximum atomic E-state index is 11.6. The van der Waals surface area contributed by atoms with Crippen molar-refractivity contribution >= 4 is 29.5 Å². The van der Waals surface area contributed by atoms with Gasteiger partial charge < -0.3 is 23.9 Å². The smallest absolute Gasteiger partial charge is 0.488 e. The topological polar surface area (TPSA) is 74.6 Å². The number of carbonyl (C=O) groups is 1. The first-order valence-electron chi connectivity index (χ1n) is 10.1. The Morgan fingerprint density at radius 3 is 2.86 bits per heavy atom. The van der Waals surface area contributed by atoms with Crippen molar-refractivity contribution in [3.05, 3.63) is 18.5 Å². The third kappa shape index (κ3) is 3.29. The lowest BCUT2D eigenvalue weighted by Crippen LogP contribution is -2.35. The molecule has 3 heterocycles. The van der Waals surface area contributed by atoms with E-state index in [4.69, 9.17) is 14.0 Å². The van der Waals surface area contributed by atoms with Gasteiger partial charge in [-0.25, -0.2) is 4.98 Å². The molecule has 28 heavy (non-hydrogen) atoms. The molecule has 2 aliphatic heterocycles. The zero-order valence-corrected chi connectivity index (χ0v) is 16.6. The lowest BCUT2D eigenvalue weighted by Gasteiger charge is -2.22. The van der Waals surface area contributed by atoms with Crippen LogP contribution in [0.5, 0.6) is 5.75 Å². The van der Waals surface area contributed by atoms with Crippen LogP contribution in [0, 0.1) is 5.92 Å². The molecule has 7 nitrogen and oxygen atoms in total. The minimum atomic E-state index is -0.419. The highest BCUT2D eigenvalue weighted by atomic mass is 16.7. The SMILES string of the molecule is CC(Oc1cc(B2OCC(C)(C)O2)cc2ncn(C3CC3)c12)C1CNC(=O)C1. The van der Waals surface area contributed by atoms with E-state index in [1.807, 2.05) is 39.2 Å². The van der Waals surface area contributed by atoms with Crippen LogP contribution >= 0.6 is 0 Å². The van der Waals surface area contributed by atoms with Gasteiger partial charge in [0.15, 0.2) is 0 Å². The summed E-state index contributed by atoms with van der Waals surface area (Å²) in [6, 6.07) is 4.56. The van der Waals surface area contributed by atoms with Gasteiger partial charge in [-0.15, -0.1) is 0 Å². The van der Waals surface area contributed by atoms with Crippen LogP contribution in [0.15, 0.2) is 18.5 Å². The largest absolute Gasteiger partial charge is 0.494 e. The Morgan fingerprint density at radius 2 is 2.21 bits per heavy atom. The number of nitrogens with one attached hydrogen (secondary N) is 1. The Morgan fingerprint density at radius 1 is 1.39 bits per heavy atom. The van der Waals surface area contributed by atoms with Gasteiger partial charge in [-0.3, -0.25) is 4.79 Å². The molecule has 1 aliphatic carbocycles. The fraction of sp³-hybridized carbons (Fsp3) is 0.600. The van der Waals surface area contributed by atoms with Gasteiger partial charge >= 0.3 is 7.12 Å². The number of ether oxygens (including phenoxy) is 1. The molecule has 1 aromatic carbocycles. The standard InChI is InChI=1S/C20H26BN3O4/c1-12(13-6-18(25)22-9-13)27-17-8-14(21-26-10-20(2,3)28-21)7-16-19(17)24(11-23-16)15-4-5-15/h7-8,11-13,15H,4-6,9-10H2,1-3H3,(H,22,25). The lowest BCUT2D eigenvalue weighted by atomic mass is 9.79. The molecule has 148 valence electrons. The van der Waals surface area contributed by atoms with E-state index in [9.17, 15) is 4.79 Å². The number of imidazole rings is 1. The van der Waals surface area contributed by atoms with Crippen LogP contribution in [0.3, 0.4) is 0 Å². The summed E-state index contributed by atoms with van der Waals surface area (Å²) in [4.78, 5) is 16.2. The molecule has 8 heteroatoms. The molecule has 2 saturated heterocycles. The predicted octanol–water partition coefficient (Wildman–Crippen LogP) is 1.80. The number of fused-ring (bicyclic) bond motifs is 1. The van der Waals surface area contributed by atoms with Crippen LogP contribution in [0.4, 0.5) is 0 Å². The summed E-state index contributed by atoms with van der Waals surface area (Å²) in [7, 11) is -0.419. The molecular formula is C20H26BN3O4. The van der Waals surface area contributed by atoms with E-state index in [0.717, 1.165) is 22.2 Å². The molecule has 2 unspecified atom stereocenters. The second-order valence-electron chi connectivity index (χ2n) is 8.88. The van der Waals surface area contributed by atoms with Gasteiger partial charge in [0.1, 0.15) is 17.4 Å². The van der Waals surface area contributed by atoms with Crippen molar-refractivity contribution in [2.75, 3.05) is 13.2 Å². The fourth-order valence-electron chi connectivity index (χ4n) is 4.06. The first-order chi connectivity index (χ1) is 13.4. The van der Waals surface area contributed by atoms with Gasteiger partial charge in [0.2, 0.25) is 5.91 Å². The second kappa shape index (κ2) is 6.49. The van der Waals surface area contributed by atoms with Gasteiger partial charge in [-0.1, -0.05) is 0 Å². The van der Waals surface area contributed by atoms with Gasteiger partial charge in [-0.05, 0) is 51.2 Å². The van der Waals surface area contributed by atoms with Crippen LogP contribution in [0.1, 0.15) is 46.1 Å². The van der Waals surface area contributed by atoms with E-state index in [0.29, 0.717) is 25.6 Å². The predicted molar refractivity (Wildman–Crippen MR) is 106 cm³/mol. The molecule has 1 N–H and O–H groups in total. The zero-order chi connectivity index (χ0) is 19.5. The van der Waals surface area contributed by atoms with Crippen LogP contribution in [0.2, 0.25) is 0 Å². The Kier molecular flexibility index (Phi) is 4.17. The van der Waals surface area contributed by atoms with Crippen LogP contribution < -0.4 is 15.5 Å². The van der Waals surface area contributed by atoms with E-state index >= 15 is 0 Å². The summed E-state index contributed by atoms with van der Waals surface area (Å²) in [6.07, 6.45) is 4.68. The van der Waals surface area contributed by atoms with Crippen molar-refractivity contribution in [3.8, 4) is 5.75 Å². The molecule has 3 aliphatic rings. The number of amides is 1. The average Bonchev–Trinajstić information content (AvgIpc) is 3.07. The summed E-state index contributed by atoms with van der Waals surface area (Å²) < 4.78 is 20.6. The van der Waals surface area contributed by atoms with E-state index in [1.165, 1.54) is 12.8 Å². The summed E-state index contributed by atoms with van der Waals surface area (Å²) in [6.45, 7) is 7.29. The number of nitrogens with zero attached hydrogens (tertiary/aromatic N) is 2. The molecule has 1 aromatic heterocycles. The molecule has 5 rings (SSSR count). The highest BCUT2D eigenvalue weighted by molar-refractivity contribution is 6.62. The molecular weight excluding hydrogens is 357 g/mol. The Bertz CT molecular complexity index is 924. The minimum absolute atomic E-state index is 0.0817. The highest BCUT2D eigenvalue weighted by Gasteiger charge is 2.39. The normalized spacial score (nSPS) is 25.3. The van der Waals surface area contributed by atoms with Crippen LogP contribution in [-0.4, -0.2) is 47.4 Å². The minimum Gasteiger partial charge on any atom is -0.488 e. The Labute approximate surface area is 164 Å². The Balaban J connectivity index is 1.50. The molecule has 0 radical (unpaired) electrons. The number of rotatable bonds is 5. The zero-order valence-electron chi connectivity index (χ0n) is 16.6. The second-order valence-corrected chi connectivity index (χ2v) is 8.88. The molecule has 2 aromatic rings.